The van der Waals surface area contributed by atoms with Gasteiger partial charge in [-0.2, -0.15) is 0 Å². The highest BCUT2D eigenvalue weighted by molar-refractivity contribution is 7.14. The second kappa shape index (κ2) is 7.19. The first kappa shape index (κ1) is 16.6. The Hall–Kier alpha value is -1.83. The molecule has 6 nitrogen and oxygen atoms in total. The Bertz CT molecular complexity index is 722. The van der Waals surface area contributed by atoms with Crippen molar-refractivity contribution in [3.63, 3.8) is 0 Å². The van der Waals surface area contributed by atoms with Crippen LogP contribution in [0.15, 0.2) is 29.8 Å². The molecule has 132 valence electrons. The van der Waals surface area contributed by atoms with Gasteiger partial charge in [-0.3, -0.25) is 15.1 Å². The number of carbonyl (C=O) groups excluding carboxylic acids is 1. The standard InChI is InChI=1S/C18H21N3O3S/c22-16(18(8-5-11-24-18)15-7-2-4-10-23-15)21-17-20-14(12-25-17)13-6-1-3-9-19-13/h1,3,6,9,12,15H,2,4-5,7-8,10-11H2,(H,20,21,22). The largest absolute Gasteiger partial charge is 0.375 e. The fourth-order valence-electron chi connectivity index (χ4n) is 3.51. The zero-order valence-electron chi connectivity index (χ0n) is 13.9. The lowest BCUT2D eigenvalue weighted by Crippen LogP contribution is -2.54. The highest BCUT2D eigenvalue weighted by Crippen LogP contribution is 2.37. The summed E-state index contributed by atoms with van der Waals surface area (Å²) in [6, 6.07) is 5.68. The van der Waals surface area contributed by atoms with Crippen molar-refractivity contribution < 1.29 is 14.3 Å². The van der Waals surface area contributed by atoms with Crippen LogP contribution < -0.4 is 5.32 Å². The van der Waals surface area contributed by atoms with Crippen LogP contribution in [0.2, 0.25) is 0 Å². The van der Waals surface area contributed by atoms with Crippen LogP contribution in [-0.4, -0.2) is 40.8 Å². The van der Waals surface area contributed by atoms with Gasteiger partial charge >= 0.3 is 0 Å². The number of nitrogens with zero attached hydrogens (tertiary/aromatic N) is 2. The zero-order chi connectivity index (χ0) is 17.1. The van der Waals surface area contributed by atoms with E-state index in [0.29, 0.717) is 24.8 Å². The van der Waals surface area contributed by atoms with E-state index in [1.54, 1.807) is 6.20 Å². The topological polar surface area (TPSA) is 73.3 Å². The highest BCUT2D eigenvalue weighted by Gasteiger charge is 2.50. The van der Waals surface area contributed by atoms with E-state index in [4.69, 9.17) is 9.47 Å². The van der Waals surface area contributed by atoms with Crippen LogP contribution >= 0.6 is 11.3 Å². The van der Waals surface area contributed by atoms with Gasteiger partial charge in [-0.25, -0.2) is 4.98 Å². The summed E-state index contributed by atoms with van der Waals surface area (Å²) >= 11 is 1.40. The van der Waals surface area contributed by atoms with Crippen LogP contribution in [0.4, 0.5) is 5.13 Å². The molecule has 1 amide bonds. The highest BCUT2D eigenvalue weighted by atomic mass is 32.1. The van der Waals surface area contributed by atoms with E-state index in [2.05, 4.69) is 15.3 Å². The molecular formula is C18H21N3O3S. The second-order valence-corrected chi connectivity index (χ2v) is 7.26. The van der Waals surface area contributed by atoms with Gasteiger partial charge in [0.25, 0.3) is 5.91 Å². The molecule has 0 spiro atoms. The van der Waals surface area contributed by atoms with Gasteiger partial charge in [0.05, 0.1) is 11.8 Å². The number of carbonyl (C=O) groups is 1. The summed E-state index contributed by atoms with van der Waals surface area (Å²) in [6.45, 7) is 1.30. The minimum Gasteiger partial charge on any atom is -0.375 e. The number of thiazole rings is 1. The van der Waals surface area contributed by atoms with Crippen molar-refractivity contribution >= 4 is 22.4 Å². The van der Waals surface area contributed by atoms with Crippen LogP contribution in [0.5, 0.6) is 0 Å². The predicted molar refractivity (Wildman–Crippen MR) is 95.5 cm³/mol. The molecule has 2 aliphatic heterocycles. The first-order valence-electron chi connectivity index (χ1n) is 8.72. The first-order chi connectivity index (χ1) is 12.3. The van der Waals surface area contributed by atoms with Crippen LogP contribution in [0.1, 0.15) is 32.1 Å². The SMILES string of the molecule is O=C(Nc1nc(-c2ccccn2)cs1)C1(C2CCCCO2)CCCO1. The molecule has 0 saturated carbocycles. The lowest BCUT2D eigenvalue weighted by atomic mass is 9.87. The summed E-state index contributed by atoms with van der Waals surface area (Å²) in [7, 11) is 0. The summed E-state index contributed by atoms with van der Waals surface area (Å²) in [5, 5.41) is 5.41. The van der Waals surface area contributed by atoms with E-state index in [1.165, 1.54) is 11.3 Å². The second-order valence-electron chi connectivity index (χ2n) is 6.40. The number of ether oxygens (including phenoxy) is 2. The Morgan fingerprint density at radius 3 is 2.92 bits per heavy atom. The molecule has 2 aromatic rings. The minimum absolute atomic E-state index is 0.140. The zero-order valence-corrected chi connectivity index (χ0v) is 14.8. The number of pyridine rings is 1. The predicted octanol–water partition coefficient (Wildman–Crippen LogP) is 3.26. The number of aromatic nitrogens is 2. The summed E-state index contributed by atoms with van der Waals surface area (Å²) in [5.74, 6) is -0.140. The molecular weight excluding hydrogens is 338 g/mol. The van der Waals surface area contributed by atoms with Crippen LogP contribution in [0.25, 0.3) is 11.4 Å². The van der Waals surface area contributed by atoms with Crippen molar-refractivity contribution in [3.05, 3.63) is 29.8 Å². The van der Waals surface area contributed by atoms with Gasteiger partial charge in [0.1, 0.15) is 5.69 Å². The molecule has 2 unspecified atom stereocenters. The molecule has 0 aromatic carbocycles. The van der Waals surface area contributed by atoms with Crippen LogP contribution in [0, 0.1) is 0 Å². The Labute approximate surface area is 150 Å². The third-order valence-corrected chi connectivity index (χ3v) is 5.55. The summed E-state index contributed by atoms with van der Waals surface area (Å²) < 4.78 is 11.8. The Morgan fingerprint density at radius 1 is 1.24 bits per heavy atom. The van der Waals surface area contributed by atoms with Crippen molar-refractivity contribution in [2.24, 2.45) is 0 Å². The van der Waals surface area contributed by atoms with Crippen molar-refractivity contribution in [2.75, 3.05) is 18.5 Å². The summed E-state index contributed by atoms with van der Waals surface area (Å²) in [5.41, 5.74) is 0.676. The average Bonchev–Trinajstić information content (AvgIpc) is 3.34. The van der Waals surface area contributed by atoms with Gasteiger partial charge in [-0.05, 0) is 44.2 Å². The summed E-state index contributed by atoms with van der Waals surface area (Å²) in [4.78, 5) is 21.8. The number of hydrogen-bond acceptors (Lipinski definition) is 6. The molecule has 1 N–H and O–H groups in total. The van der Waals surface area contributed by atoms with E-state index in [-0.39, 0.29) is 12.0 Å². The van der Waals surface area contributed by atoms with E-state index < -0.39 is 5.60 Å². The van der Waals surface area contributed by atoms with Gasteiger partial charge < -0.3 is 9.47 Å². The maximum Gasteiger partial charge on any atom is 0.261 e. The third-order valence-electron chi connectivity index (χ3n) is 4.79. The van der Waals surface area contributed by atoms with E-state index in [1.807, 2.05) is 23.6 Å². The number of nitrogens with one attached hydrogen (secondary N) is 1. The smallest absolute Gasteiger partial charge is 0.261 e. The van der Waals surface area contributed by atoms with Gasteiger partial charge in [0.15, 0.2) is 10.7 Å². The van der Waals surface area contributed by atoms with Crippen molar-refractivity contribution in [1.82, 2.24) is 9.97 Å². The quantitative estimate of drug-likeness (QED) is 0.907. The average molecular weight is 359 g/mol. The van der Waals surface area contributed by atoms with E-state index in [0.717, 1.165) is 37.1 Å². The van der Waals surface area contributed by atoms with Crippen molar-refractivity contribution in [2.45, 2.75) is 43.8 Å². The van der Waals surface area contributed by atoms with Gasteiger partial charge in [-0.1, -0.05) is 6.07 Å². The maximum atomic E-state index is 13.0. The van der Waals surface area contributed by atoms with Gasteiger partial charge in [-0.15, -0.1) is 11.3 Å². The molecule has 25 heavy (non-hydrogen) atoms. The molecule has 7 heteroatoms. The molecule has 4 heterocycles. The van der Waals surface area contributed by atoms with Gasteiger partial charge in [0.2, 0.25) is 0 Å². The Balaban J connectivity index is 1.51. The lowest BCUT2D eigenvalue weighted by molar-refractivity contribution is -0.162. The molecule has 2 atom stereocenters. The third kappa shape index (κ3) is 3.31. The van der Waals surface area contributed by atoms with Gasteiger partial charge in [0, 0.05) is 24.8 Å². The van der Waals surface area contributed by atoms with Crippen LogP contribution in [0.3, 0.4) is 0 Å². The molecule has 4 rings (SSSR count). The van der Waals surface area contributed by atoms with Crippen molar-refractivity contribution in [3.8, 4) is 11.4 Å². The molecule has 0 bridgehead atoms. The monoisotopic (exact) mass is 359 g/mol. The molecule has 2 aliphatic rings. The summed E-state index contributed by atoms with van der Waals surface area (Å²) in [6.07, 6.45) is 6.13. The molecule has 2 fully saturated rings. The number of hydrogen-bond donors (Lipinski definition) is 1. The fraction of sp³-hybridized carbons (Fsp3) is 0.500. The first-order valence-corrected chi connectivity index (χ1v) is 9.60. The molecule has 0 aliphatic carbocycles. The molecule has 2 aromatic heterocycles. The Kier molecular flexibility index (Phi) is 4.78. The lowest BCUT2D eigenvalue weighted by Gasteiger charge is -2.37. The number of anilines is 1. The Morgan fingerprint density at radius 2 is 2.20 bits per heavy atom. The molecule has 0 radical (unpaired) electrons. The normalized spacial score (nSPS) is 26.5. The van der Waals surface area contributed by atoms with E-state index >= 15 is 0 Å². The molecule has 2 saturated heterocycles. The van der Waals surface area contributed by atoms with Crippen LogP contribution in [-0.2, 0) is 14.3 Å². The minimum atomic E-state index is -0.878. The van der Waals surface area contributed by atoms with E-state index in [9.17, 15) is 4.79 Å². The maximum absolute atomic E-state index is 13.0. The van der Waals surface area contributed by atoms with Crippen molar-refractivity contribution in [1.29, 1.82) is 0 Å². The number of rotatable bonds is 4. The number of amides is 1. The fourth-order valence-corrected chi connectivity index (χ4v) is 4.21.